The molecule has 4 rings (SSSR count). The molecule has 0 fully saturated rings. The Kier molecular flexibility index (Phi) is 7.53. The quantitative estimate of drug-likeness (QED) is 0.322. The van der Waals surface area contributed by atoms with E-state index in [2.05, 4.69) is 63.9 Å². The van der Waals surface area contributed by atoms with Crippen molar-refractivity contribution in [1.29, 1.82) is 0 Å². The molecule has 0 N–H and O–H groups in total. The van der Waals surface area contributed by atoms with Gasteiger partial charge in [-0.05, 0) is 58.4 Å². The molecule has 1 heterocycles. The van der Waals surface area contributed by atoms with Crippen molar-refractivity contribution in [1.82, 2.24) is 0 Å². The number of nitrogens with zero attached hydrogens (tertiary/aromatic N) is 2. The number of ether oxygens (including phenoxy) is 4. The second kappa shape index (κ2) is 10.6. The molecule has 1 aliphatic heterocycles. The normalized spacial score (nSPS) is 14.7. The molecule has 0 aromatic heterocycles. The summed E-state index contributed by atoms with van der Waals surface area (Å²) in [7, 11) is 0. The second-order valence-electron chi connectivity index (χ2n) is 10.9. The number of hydrogen-bond donors (Lipinski definition) is 0. The maximum atomic E-state index is 6.09. The summed E-state index contributed by atoms with van der Waals surface area (Å²) in [5.41, 5.74) is 3.58. The van der Waals surface area contributed by atoms with E-state index in [0.717, 1.165) is 11.1 Å². The molecule has 6 heteroatoms. The lowest BCUT2D eigenvalue weighted by molar-refractivity contribution is 0.192. The van der Waals surface area contributed by atoms with Crippen molar-refractivity contribution in [2.45, 2.75) is 52.4 Å². The van der Waals surface area contributed by atoms with Crippen molar-refractivity contribution in [3.8, 4) is 23.0 Å². The fourth-order valence-electron chi connectivity index (χ4n) is 3.77. The van der Waals surface area contributed by atoms with Crippen LogP contribution in [0.4, 0.5) is 11.4 Å². The first-order chi connectivity index (χ1) is 17.1. The van der Waals surface area contributed by atoms with Gasteiger partial charge in [-0.15, -0.1) is 10.2 Å². The highest BCUT2D eigenvalue weighted by molar-refractivity contribution is 5.58. The van der Waals surface area contributed by atoms with Gasteiger partial charge in [0.25, 0.3) is 0 Å². The van der Waals surface area contributed by atoms with Gasteiger partial charge in [-0.25, -0.2) is 0 Å². The van der Waals surface area contributed by atoms with Gasteiger partial charge in [0.15, 0.2) is 11.5 Å². The van der Waals surface area contributed by atoms with Gasteiger partial charge in [0, 0.05) is 0 Å². The van der Waals surface area contributed by atoms with Gasteiger partial charge >= 0.3 is 0 Å². The lowest BCUT2D eigenvalue weighted by Crippen LogP contribution is -2.13. The van der Waals surface area contributed by atoms with Crippen LogP contribution in [0.25, 0.3) is 0 Å². The third kappa shape index (κ3) is 6.36. The molecule has 0 bridgehead atoms. The zero-order valence-corrected chi connectivity index (χ0v) is 22.1. The fraction of sp³-hybridized carbons (Fsp3) is 0.400. The van der Waals surface area contributed by atoms with Gasteiger partial charge in [0.1, 0.15) is 49.3 Å². The maximum Gasteiger partial charge on any atom is 0.161 e. The molecule has 6 nitrogen and oxygen atoms in total. The fourth-order valence-corrected chi connectivity index (χ4v) is 3.77. The van der Waals surface area contributed by atoms with Crippen molar-refractivity contribution in [3.63, 3.8) is 0 Å². The number of fused-ring (bicyclic) bond motifs is 3. The highest BCUT2D eigenvalue weighted by Crippen LogP contribution is 2.38. The summed E-state index contributed by atoms with van der Waals surface area (Å²) in [5, 5.41) is 9.28. The Bertz CT molecular complexity index is 1130. The number of benzene rings is 3. The van der Waals surface area contributed by atoms with E-state index in [9.17, 15) is 0 Å². The monoisotopic (exact) mass is 488 g/mol. The van der Waals surface area contributed by atoms with Crippen LogP contribution in [0.15, 0.2) is 70.9 Å². The van der Waals surface area contributed by atoms with Gasteiger partial charge in [0.2, 0.25) is 0 Å². The summed E-state index contributed by atoms with van der Waals surface area (Å²) in [4.78, 5) is 0. The first kappa shape index (κ1) is 25.5. The minimum absolute atomic E-state index is 0.0347. The van der Waals surface area contributed by atoms with Crippen molar-refractivity contribution in [2.75, 3.05) is 26.4 Å². The standard InChI is InChI=1S/C30H36N2O4/c1-29(2,3)21-11-13-25-23(19-21)31-32-24-20-22(30(4,5)6)12-14-26(24)34-16-18-36-28-10-8-7-9-27(28)35-17-15-33-25/h7-14,19-20H,15-18H2,1-6H3. The summed E-state index contributed by atoms with van der Waals surface area (Å²) in [5.74, 6) is 2.65. The third-order valence-electron chi connectivity index (χ3n) is 5.96. The average molecular weight is 489 g/mol. The SMILES string of the molecule is CC(C)(C)c1ccc2c(c1)N=Nc1cc(C(C)(C)C)ccc1OCCOc1ccccc1OCCO2. The van der Waals surface area contributed by atoms with E-state index in [-0.39, 0.29) is 10.8 Å². The van der Waals surface area contributed by atoms with Crippen LogP contribution in [-0.4, -0.2) is 26.4 Å². The number of rotatable bonds is 0. The van der Waals surface area contributed by atoms with Crippen molar-refractivity contribution in [3.05, 3.63) is 71.8 Å². The smallest absolute Gasteiger partial charge is 0.161 e. The molecule has 3 aromatic carbocycles. The molecular weight excluding hydrogens is 452 g/mol. The van der Waals surface area contributed by atoms with E-state index < -0.39 is 0 Å². The Morgan fingerprint density at radius 1 is 0.500 bits per heavy atom. The predicted molar refractivity (Wildman–Crippen MR) is 143 cm³/mol. The van der Waals surface area contributed by atoms with Crippen LogP contribution in [0.5, 0.6) is 23.0 Å². The molecule has 0 spiro atoms. The van der Waals surface area contributed by atoms with Crippen LogP contribution in [0.2, 0.25) is 0 Å². The predicted octanol–water partition coefficient (Wildman–Crippen LogP) is 7.93. The Balaban J connectivity index is 1.74. The Labute approximate surface area is 214 Å². The van der Waals surface area contributed by atoms with Crippen LogP contribution >= 0.6 is 0 Å². The molecule has 0 atom stereocenters. The zero-order chi connectivity index (χ0) is 25.8. The van der Waals surface area contributed by atoms with Crippen LogP contribution < -0.4 is 18.9 Å². The molecule has 0 aliphatic carbocycles. The zero-order valence-electron chi connectivity index (χ0n) is 22.1. The lowest BCUT2D eigenvalue weighted by Gasteiger charge is -2.21. The van der Waals surface area contributed by atoms with Crippen molar-refractivity contribution >= 4 is 11.4 Å². The average Bonchev–Trinajstić information content (AvgIpc) is 2.82. The molecule has 36 heavy (non-hydrogen) atoms. The molecule has 0 unspecified atom stereocenters. The maximum absolute atomic E-state index is 6.09. The first-order valence-electron chi connectivity index (χ1n) is 12.4. The Morgan fingerprint density at radius 3 is 1.22 bits per heavy atom. The highest BCUT2D eigenvalue weighted by atomic mass is 16.6. The van der Waals surface area contributed by atoms with Crippen molar-refractivity contribution < 1.29 is 18.9 Å². The second-order valence-corrected chi connectivity index (χ2v) is 10.9. The van der Waals surface area contributed by atoms with E-state index in [1.165, 1.54) is 0 Å². The molecule has 190 valence electrons. The van der Waals surface area contributed by atoms with E-state index in [1.807, 2.05) is 48.5 Å². The van der Waals surface area contributed by atoms with Crippen molar-refractivity contribution in [2.24, 2.45) is 10.2 Å². The van der Waals surface area contributed by atoms with Gasteiger partial charge in [-0.1, -0.05) is 65.8 Å². The highest BCUT2D eigenvalue weighted by Gasteiger charge is 2.18. The van der Waals surface area contributed by atoms with Gasteiger partial charge in [0.05, 0.1) is 0 Å². The van der Waals surface area contributed by atoms with Crippen LogP contribution in [0.1, 0.15) is 52.7 Å². The minimum Gasteiger partial charge on any atom is -0.488 e. The Morgan fingerprint density at radius 2 is 0.861 bits per heavy atom. The molecular formula is C30H36N2O4. The number of azo groups is 1. The molecule has 3 aromatic rings. The van der Waals surface area contributed by atoms with Crippen LogP contribution in [-0.2, 0) is 10.8 Å². The number of hydrogen-bond acceptors (Lipinski definition) is 6. The van der Waals surface area contributed by atoms with Crippen LogP contribution in [0, 0.1) is 0 Å². The molecule has 0 saturated carbocycles. The number of para-hydroxylation sites is 2. The summed E-state index contributed by atoms with van der Waals surface area (Å²) in [6, 6.07) is 19.8. The van der Waals surface area contributed by atoms with Crippen LogP contribution in [0.3, 0.4) is 0 Å². The topological polar surface area (TPSA) is 61.6 Å². The lowest BCUT2D eigenvalue weighted by atomic mass is 9.87. The van der Waals surface area contributed by atoms with E-state index in [4.69, 9.17) is 18.9 Å². The molecule has 1 aliphatic rings. The summed E-state index contributed by atoms with van der Waals surface area (Å²) in [6.45, 7) is 14.5. The van der Waals surface area contributed by atoms with E-state index in [1.54, 1.807) is 0 Å². The first-order valence-corrected chi connectivity index (χ1v) is 12.4. The largest absolute Gasteiger partial charge is 0.488 e. The van der Waals surface area contributed by atoms with E-state index in [0.29, 0.717) is 60.8 Å². The summed E-state index contributed by atoms with van der Waals surface area (Å²) < 4.78 is 24.0. The Hall–Kier alpha value is -3.54. The minimum atomic E-state index is -0.0347. The van der Waals surface area contributed by atoms with E-state index >= 15 is 0 Å². The molecule has 0 radical (unpaired) electrons. The summed E-state index contributed by atoms with van der Waals surface area (Å²) >= 11 is 0. The van der Waals surface area contributed by atoms with Gasteiger partial charge in [-0.2, -0.15) is 0 Å². The molecule has 0 amide bonds. The van der Waals surface area contributed by atoms with Gasteiger partial charge in [-0.3, -0.25) is 0 Å². The van der Waals surface area contributed by atoms with Gasteiger partial charge < -0.3 is 18.9 Å². The molecule has 0 saturated heterocycles. The third-order valence-corrected chi connectivity index (χ3v) is 5.96. The summed E-state index contributed by atoms with van der Waals surface area (Å²) in [6.07, 6.45) is 0.